The number of hydrogen-bond donors (Lipinski definition) is 0. The number of fused-ring (bicyclic) bond motifs is 1. The Morgan fingerprint density at radius 2 is 1.60 bits per heavy atom. The molecule has 0 aliphatic rings. The lowest BCUT2D eigenvalue weighted by Gasteiger charge is -2.01. The summed E-state index contributed by atoms with van der Waals surface area (Å²) in [6, 6.07) is 16.6. The van der Waals surface area contributed by atoms with Crippen LogP contribution in [-0.4, -0.2) is 0 Å². The molecule has 2 aromatic carbocycles. The second kappa shape index (κ2) is 3.28. The van der Waals surface area contributed by atoms with Gasteiger partial charge in [0, 0.05) is 10.8 Å². The fourth-order valence-electron chi connectivity index (χ4n) is 1.86. The molecule has 3 rings (SSSR count). The molecule has 1 nitrogen and oxygen atoms in total. The molecular formula is C14H10O. The van der Waals surface area contributed by atoms with Crippen LogP contribution in [0.4, 0.5) is 0 Å². The minimum absolute atomic E-state index is 1.15. The lowest BCUT2D eigenvalue weighted by molar-refractivity contribution is 0.572. The summed E-state index contributed by atoms with van der Waals surface area (Å²) in [6.07, 6.45) is 3.58. The van der Waals surface area contributed by atoms with Crippen LogP contribution in [0.25, 0.3) is 21.9 Å². The van der Waals surface area contributed by atoms with Gasteiger partial charge in [0.15, 0.2) is 0 Å². The van der Waals surface area contributed by atoms with Gasteiger partial charge in [0.1, 0.15) is 0 Å². The third-order valence-corrected chi connectivity index (χ3v) is 2.61. The first-order valence-corrected chi connectivity index (χ1v) is 4.95. The summed E-state index contributed by atoms with van der Waals surface area (Å²) < 4.78 is 5.23. The molecule has 0 aliphatic carbocycles. The van der Waals surface area contributed by atoms with Crippen molar-refractivity contribution in [2.45, 2.75) is 0 Å². The summed E-state index contributed by atoms with van der Waals surface area (Å²) in [5, 5.41) is 2.32. The number of rotatable bonds is 1. The predicted octanol–water partition coefficient (Wildman–Crippen LogP) is 4.10. The second-order valence-electron chi connectivity index (χ2n) is 3.55. The summed E-state index contributed by atoms with van der Waals surface area (Å²) in [6.45, 7) is 0. The van der Waals surface area contributed by atoms with Crippen molar-refractivity contribution in [1.29, 1.82) is 0 Å². The highest BCUT2D eigenvalue weighted by molar-refractivity contribution is 5.95. The standard InChI is InChI=1S/C14H10O/c1-2-5-11(6-3-1)13-8-4-7-12-9-15-10-14(12)13/h1-10H. The monoisotopic (exact) mass is 194 g/mol. The molecule has 1 heteroatoms. The topological polar surface area (TPSA) is 13.1 Å². The van der Waals surface area contributed by atoms with Gasteiger partial charge in [-0.2, -0.15) is 0 Å². The van der Waals surface area contributed by atoms with Crippen LogP contribution in [0, 0.1) is 0 Å². The maximum absolute atomic E-state index is 5.23. The van der Waals surface area contributed by atoms with Gasteiger partial charge in [-0.15, -0.1) is 0 Å². The van der Waals surface area contributed by atoms with E-state index in [1.807, 2.05) is 18.2 Å². The molecule has 0 amide bonds. The van der Waals surface area contributed by atoms with Gasteiger partial charge in [0.2, 0.25) is 0 Å². The van der Waals surface area contributed by atoms with Gasteiger partial charge in [-0.1, -0.05) is 48.5 Å². The Bertz CT molecular complexity index is 578. The van der Waals surface area contributed by atoms with Gasteiger partial charge in [-0.3, -0.25) is 0 Å². The van der Waals surface area contributed by atoms with Gasteiger partial charge >= 0.3 is 0 Å². The quantitative estimate of drug-likeness (QED) is 0.568. The molecule has 0 aliphatic heterocycles. The molecule has 0 saturated carbocycles. The molecule has 15 heavy (non-hydrogen) atoms. The molecule has 1 aromatic heterocycles. The van der Waals surface area contributed by atoms with Crippen LogP contribution in [0.3, 0.4) is 0 Å². The van der Waals surface area contributed by atoms with Crippen molar-refractivity contribution in [2.24, 2.45) is 0 Å². The van der Waals surface area contributed by atoms with Crippen LogP contribution >= 0.6 is 0 Å². The lowest BCUT2D eigenvalue weighted by Crippen LogP contribution is -1.76. The van der Waals surface area contributed by atoms with Crippen molar-refractivity contribution >= 4 is 10.8 Å². The average molecular weight is 194 g/mol. The fourth-order valence-corrected chi connectivity index (χ4v) is 1.86. The lowest BCUT2D eigenvalue weighted by atomic mass is 10.0. The van der Waals surface area contributed by atoms with E-state index in [4.69, 9.17) is 4.42 Å². The zero-order chi connectivity index (χ0) is 10.1. The SMILES string of the molecule is c1ccc(-c2cccc3cocc23)cc1. The molecule has 0 saturated heterocycles. The van der Waals surface area contributed by atoms with Crippen molar-refractivity contribution in [2.75, 3.05) is 0 Å². The Kier molecular flexibility index (Phi) is 1.82. The molecule has 3 aromatic rings. The van der Waals surface area contributed by atoms with Crippen LogP contribution in [-0.2, 0) is 0 Å². The Hall–Kier alpha value is -2.02. The van der Waals surface area contributed by atoms with Crippen molar-refractivity contribution < 1.29 is 4.42 Å². The van der Waals surface area contributed by atoms with E-state index < -0.39 is 0 Å². The summed E-state index contributed by atoms with van der Waals surface area (Å²) in [4.78, 5) is 0. The van der Waals surface area contributed by atoms with E-state index in [0.717, 1.165) is 5.39 Å². The Morgan fingerprint density at radius 1 is 0.733 bits per heavy atom. The molecule has 72 valence electrons. The normalized spacial score (nSPS) is 10.7. The maximum Gasteiger partial charge on any atom is 0.0987 e. The molecule has 1 heterocycles. The Labute approximate surface area is 88.0 Å². The minimum atomic E-state index is 1.15. The van der Waals surface area contributed by atoms with Crippen molar-refractivity contribution in [3.8, 4) is 11.1 Å². The van der Waals surface area contributed by atoms with E-state index in [1.54, 1.807) is 12.5 Å². The van der Waals surface area contributed by atoms with Crippen LogP contribution in [0.15, 0.2) is 65.5 Å². The number of hydrogen-bond acceptors (Lipinski definition) is 1. The van der Waals surface area contributed by atoms with E-state index in [9.17, 15) is 0 Å². The first-order valence-electron chi connectivity index (χ1n) is 4.95. The van der Waals surface area contributed by atoms with Crippen molar-refractivity contribution in [3.63, 3.8) is 0 Å². The summed E-state index contributed by atoms with van der Waals surface area (Å²) in [5.41, 5.74) is 2.45. The zero-order valence-electron chi connectivity index (χ0n) is 8.18. The van der Waals surface area contributed by atoms with Crippen molar-refractivity contribution in [3.05, 3.63) is 61.1 Å². The van der Waals surface area contributed by atoms with Gasteiger partial charge < -0.3 is 4.42 Å². The predicted molar refractivity (Wildman–Crippen MR) is 61.7 cm³/mol. The number of benzene rings is 2. The van der Waals surface area contributed by atoms with E-state index in [2.05, 4.69) is 30.3 Å². The highest BCUT2D eigenvalue weighted by Crippen LogP contribution is 2.28. The largest absolute Gasteiger partial charge is 0.471 e. The fraction of sp³-hybridized carbons (Fsp3) is 0. The highest BCUT2D eigenvalue weighted by atomic mass is 16.3. The van der Waals surface area contributed by atoms with E-state index in [-0.39, 0.29) is 0 Å². The van der Waals surface area contributed by atoms with E-state index in [0.29, 0.717) is 0 Å². The molecule has 0 fully saturated rings. The molecule has 0 spiro atoms. The third-order valence-electron chi connectivity index (χ3n) is 2.61. The first-order chi connectivity index (χ1) is 7.45. The van der Waals surface area contributed by atoms with Gasteiger partial charge in [-0.05, 0) is 11.1 Å². The maximum atomic E-state index is 5.23. The first kappa shape index (κ1) is 8.30. The van der Waals surface area contributed by atoms with Crippen LogP contribution in [0.1, 0.15) is 0 Å². The zero-order valence-corrected chi connectivity index (χ0v) is 8.18. The van der Waals surface area contributed by atoms with E-state index >= 15 is 0 Å². The number of furan rings is 1. The van der Waals surface area contributed by atoms with Gasteiger partial charge in [0.05, 0.1) is 12.5 Å². The highest BCUT2D eigenvalue weighted by Gasteiger charge is 2.03. The molecule has 0 bridgehead atoms. The summed E-state index contributed by atoms with van der Waals surface area (Å²) in [7, 11) is 0. The molecule has 0 radical (unpaired) electrons. The van der Waals surface area contributed by atoms with Crippen molar-refractivity contribution in [1.82, 2.24) is 0 Å². The molecular weight excluding hydrogens is 184 g/mol. The molecule has 0 unspecified atom stereocenters. The summed E-state index contributed by atoms with van der Waals surface area (Å²) >= 11 is 0. The third kappa shape index (κ3) is 1.33. The van der Waals surface area contributed by atoms with Gasteiger partial charge in [-0.25, -0.2) is 0 Å². The van der Waals surface area contributed by atoms with Gasteiger partial charge in [0.25, 0.3) is 0 Å². The van der Waals surface area contributed by atoms with Crippen LogP contribution in [0.5, 0.6) is 0 Å². The average Bonchev–Trinajstić information content (AvgIpc) is 2.78. The smallest absolute Gasteiger partial charge is 0.0987 e. The van der Waals surface area contributed by atoms with Crippen LogP contribution in [0.2, 0.25) is 0 Å². The minimum Gasteiger partial charge on any atom is -0.471 e. The Morgan fingerprint density at radius 3 is 2.47 bits per heavy atom. The van der Waals surface area contributed by atoms with E-state index in [1.165, 1.54) is 16.5 Å². The molecule has 0 atom stereocenters. The Balaban J connectivity index is 2.31. The van der Waals surface area contributed by atoms with Crippen LogP contribution < -0.4 is 0 Å². The second-order valence-corrected chi connectivity index (χ2v) is 3.55. The molecule has 0 N–H and O–H groups in total. The summed E-state index contributed by atoms with van der Waals surface area (Å²) in [5.74, 6) is 0.